The van der Waals surface area contributed by atoms with Gasteiger partial charge in [-0.25, -0.2) is 0 Å². The first-order chi connectivity index (χ1) is 7.62. The number of nitrogens with one attached hydrogen (secondary N) is 1. The summed E-state index contributed by atoms with van der Waals surface area (Å²) in [6.45, 7) is 8.49. The Balaban J connectivity index is 2.16. The van der Waals surface area contributed by atoms with Crippen LogP contribution in [0.25, 0.3) is 0 Å². The summed E-state index contributed by atoms with van der Waals surface area (Å²) in [5, 5.41) is 14.3. The molecule has 0 amide bonds. The highest BCUT2D eigenvalue weighted by molar-refractivity contribution is 8.00. The number of rotatable bonds is 8. The van der Waals surface area contributed by atoms with Gasteiger partial charge in [0.25, 0.3) is 0 Å². The molecule has 3 unspecified atom stereocenters. The summed E-state index contributed by atoms with van der Waals surface area (Å²) in [6.07, 6.45) is 4.68. The molecule has 16 heavy (non-hydrogen) atoms. The molecule has 0 saturated heterocycles. The fourth-order valence-corrected chi connectivity index (χ4v) is 3.57. The lowest BCUT2D eigenvalue weighted by Gasteiger charge is -2.45. The molecular weight excluding hydrogens is 218 g/mol. The number of aliphatic hydroxyl groups is 1. The van der Waals surface area contributed by atoms with Gasteiger partial charge in [0.2, 0.25) is 0 Å². The van der Waals surface area contributed by atoms with Crippen LogP contribution in [-0.4, -0.2) is 34.8 Å². The minimum absolute atomic E-state index is 0.424. The van der Waals surface area contributed by atoms with Crippen molar-refractivity contribution in [3.63, 3.8) is 0 Å². The second kappa shape index (κ2) is 6.87. The SMILES string of the molecule is CCCC(C)CNCC1(O)CCC1SCC. The Hall–Kier alpha value is 0.270. The molecule has 1 aliphatic rings. The summed E-state index contributed by atoms with van der Waals surface area (Å²) < 4.78 is 0. The highest BCUT2D eigenvalue weighted by Crippen LogP contribution is 2.40. The van der Waals surface area contributed by atoms with Crippen LogP contribution in [0.1, 0.15) is 46.5 Å². The number of hydrogen-bond donors (Lipinski definition) is 2. The van der Waals surface area contributed by atoms with E-state index in [9.17, 15) is 5.11 Å². The van der Waals surface area contributed by atoms with E-state index in [1.807, 2.05) is 11.8 Å². The van der Waals surface area contributed by atoms with Gasteiger partial charge in [-0.1, -0.05) is 27.2 Å². The van der Waals surface area contributed by atoms with Crippen molar-refractivity contribution in [2.24, 2.45) is 5.92 Å². The predicted molar refractivity (Wildman–Crippen MR) is 73.0 cm³/mol. The van der Waals surface area contributed by atoms with E-state index >= 15 is 0 Å². The molecular formula is C13H27NOS. The molecule has 2 N–H and O–H groups in total. The smallest absolute Gasteiger partial charge is 0.0889 e. The standard InChI is InChI=1S/C13H27NOS/c1-4-6-11(3)9-14-10-13(15)8-7-12(13)16-5-2/h11-12,14-15H,4-10H2,1-3H3. The summed E-state index contributed by atoms with van der Waals surface area (Å²) >= 11 is 1.90. The molecule has 3 atom stereocenters. The first-order valence-electron chi connectivity index (χ1n) is 6.67. The molecule has 0 heterocycles. The molecule has 1 fully saturated rings. The van der Waals surface area contributed by atoms with E-state index in [4.69, 9.17) is 0 Å². The molecule has 2 nitrogen and oxygen atoms in total. The average Bonchev–Trinajstić information content (AvgIpc) is 2.24. The Kier molecular flexibility index (Phi) is 6.16. The van der Waals surface area contributed by atoms with Gasteiger partial charge in [-0.15, -0.1) is 0 Å². The average molecular weight is 245 g/mol. The van der Waals surface area contributed by atoms with Gasteiger partial charge in [0.15, 0.2) is 0 Å². The van der Waals surface area contributed by atoms with Gasteiger partial charge in [-0.2, -0.15) is 11.8 Å². The highest BCUT2D eigenvalue weighted by Gasteiger charge is 2.44. The maximum absolute atomic E-state index is 10.4. The van der Waals surface area contributed by atoms with Crippen molar-refractivity contribution in [3.05, 3.63) is 0 Å². The van der Waals surface area contributed by atoms with Crippen LogP contribution in [0.4, 0.5) is 0 Å². The molecule has 0 aliphatic heterocycles. The molecule has 1 rings (SSSR count). The van der Waals surface area contributed by atoms with Crippen LogP contribution in [0, 0.1) is 5.92 Å². The highest BCUT2D eigenvalue weighted by atomic mass is 32.2. The maximum atomic E-state index is 10.4. The van der Waals surface area contributed by atoms with Gasteiger partial charge in [-0.3, -0.25) is 0 Å². The summed E-state index contributed by atoms with van der Waals surface area (Å²) in [6, 6.07) is 0. The van der Waals surface area contributed by atoms with Crippen molar-refractivity contribution >= 4 is 11.8 Å². The maximum Gasteiger partial charge on any atom is 0.0889 e. The Bertz CT molecular complexity index is 200. The zero-order chi connectivity index (χ0) is 12.0. The number of hydrogen-bond acceptors (Lipinski definition) is 3. The van der Waals surface area contributed by atoms with E-state index in [-0.39, 0.29) is 0 Å². The van der Waals surface area contributed by atoms with Gasteiger partial charge in [0, 0.05) is 11.8 Å². The zero-order valence-corrected chi connectivity index (χ0v) is 11.8. The van der Waals surface area contributed by atoms with Crippen molar-refractivity contribution in [2.75, 3.05) is 18.8 Å². The van der Waals surface area contributed by atoms with Crippen LogP contribution in [0.2, 0.25) is 0 Å². The van der Waals surface area contributed by atoms with Gasteiger partial charge in [-0.05, 0) is 37.5 Å². The second-order valence-corrected chi connectivity index (χ2v) is 6.59. The molecule has 3 heteroatoms. The summed E-state index contributed by atoms with van der Waals surface area (Å²) in [5.41, 5.74) is -0.424. The van der Waals surface area contributed by atoms with Crippen molar-refractivity contribution in [2.45, 2.75) is 57.3 Å². The molecule has 0 bridgehead atoms. The van der Waals surface area contributed by atoms with E-state index < -0.39 is 5.60 Å². The number of thioether (sulfide) groups is 1. The third-order valence-corrected chi connectivity index (χ3v) is 4.92. The van der Waals surface area contributed by atoms with E-state index in [0.717, 1.165) is 31.2 Å². The van der Waals surface area contributed by atoms with Crippen LogP contribution < -0.4 is 5.32 Å². The Labute approximate surface area is 105 Å². The Morgan fingerprint density at radius 2 is 2.25 bits per heavy atom. The molecule has 1 aliphatic carbocycles. The summed E-state index contributed by atoms with van der Waals surface area (Å²) in [5.74, 6) is 1.84. The fraction of sp³-hybridized carbons (Fsp3) is 1.00. The second-order valence-electron chi connectivity index (χ2n) is 5.11. The largest absolute Gasteiger partial charge is 0.387 e. The molecule has 1 saturated carbocycles. The minimum Gasteiger partial charge on any atom is -0.387 e. The molecule has 96 valence electrons. The molecule has 0 aromatic heterocycles. The molecule has 0 radical (unpaired) electrons. The Morgan fingerprint density at radius 3 is 2.75 bits per heavy atom. The third-order valence-electron chi connectivity index (χ3n) is 3.51. The molecule has 0 aromatic carbocycles. The quantitative estimate of drug-likeness (QED) is 0.689. The summed E-state index contributed by atoms with van der Waals surface area (Å²) in [4.78, 5) is 0. The van der Waals surface area contributed by atoms with Gasteiger partial charge in [0.05, 0.1) is 5.60 Å². The van der Waals surface area contributed by atoms with Crippen LogP contribution in [0.3, 0.4) is 0 Å². The van der Waals surface area contributed by atoms with Crippen molar-refractivity contribution in [3.8, 4) is 0 Å². The first kappa shape index (κ1) is 14.3. The van der Waals surface area contributed by atoms with E-state index in [2.05, 4.69) is 26.1 Å². The van der Waals surface area contributed by atoms with E-state index in [1.54, 1.807) is 0 Å². The zero-order valence-electron chi connectivity index (χ0n) is 11.0. The third kappa shape index (κ3) is 3.94. The van der Waals surface area contributed by atoms with Gasteiger partial charge in [0.1, 0.15) is 0 Å². The monoisotopic (exact) mass is 245 g/mol. The van der Waals surface area contributed by atoms with Gasteiger partial charge >= 0.3 is 0 Å². The Morgan fingerprint density at radius 1 is 1.50 bits per heavy atom. The lowest BCUT2D eigenvalue weighted by molar-refractivity contribution is -0.0236. The normalized spacial score (nSPS) is 31.1. The van der Waals surface area contributed by atoms with Crippen molar-refractivity contribution < 1.29 is 5.11 Å². The molecule has 0 spiro atoms. The molecule has 0 aromatic rings. The van der Waals surface area contributed by atoms with Crippen LogP contribution in [-0.2, 0) is 0 Å². The fourth-order valence-electron chi connectivity index (χ4n) is 2.37. The van der Waals surface area contributed by atoms with Crippen LogP contribution >= 0.6 is 11.8 Å². The topological polar surface area (TPSA) is 32.3 Å². The van der Waals surface area contributed by atoms with Crippen LogP contribution in [0.5, 0.6) is 0 Å². The van der Waals surface area contributed by atoms with E-state index in [1.165, 1.54) is 19.3 Å². The predicted octanol–water partition coefficient (Wildman–Crippen LogP) is 2.66. The van der Waals surface area contributed by atoms with Crippen molar-refractivity contribution in [1.29, 1.82) is 0 Å². The first-order valence-corrected chi connectivity index (χ1v) is 7.72. The van der Waals surface area contributed by atoms with Crippen LogP contribution in [0.15, 0.2) is 0 Å². The lowest BCUT2D eigenvalue weighted by atomic mass is 9.79. The lowest BCUT2D eigenvalue weighted by Crippen LogP contribution is -2.56. The van der Waals surface area contributed by atoms with E-state index in [0.29, 0.717) is 5.25 Å². The minimum atomic E-state index is -0.424. The van der Waals surface area contributed by atoms with Crippen molar-refractivity contribution in [1.82, 2.24) is 5.32 Å². The summed E-state index contributed by atoms with van der Waals surface area (Å²) in [7, 11) is 0. The van der Waals surface area contributed by atoms with Gasteiger partial charge < -0.3 is 10.4 Å².